The molecule has 42 heteroatoms. The second-order valence-electron chi connectivity index (χ2n) is 31.2. The fourth-order valence-electron chi connectivity index (χ4n) is 13.7. The summed E-state index contributed by atoms with van der Waals surface area (Å²) in [6, 6.07) is 8.70. The molecular formula is C90H95N13O29. The van der Waals surface area contributed by atoms with Gasteiger partial charge in [-0.2, -0.15) is 0 Å². The topological polar surface area (TPSA) is 713 Å². The van der Waals surface area contributed by atoms with E-state index in [-0.39, 0.29) is 34.4 Å². The largest absolute Gasteiger partial charge is 0.508 e. The molecule has 0 radical (unpaired) electrons. The first-order chi connectivity index (χ1) is 62.3. The van der Waals surface area contributed by atoms with Crippen molar-refractivity contribution in [2.24, 2.45) is 17.6 Å². The molecule has 29 N–H and O–H groups in total. The number of carboxylic acid groups (broad SMARTS) is 2. The van der Waals surface area contributed by atoms with Crippen LogP contribution in [0.4, 0.5) is 0 Å². The van der Waals surface area contributed by atoms with Gasteiger partial charge in [-0.3, -0.25) is 62.3 Å². The number of aromatic hydroxyl groups is 13. The van der Waals surface area contributed by atoms with Crippen molar-refractivity contribution in [3.05, 3.63) is 244 Å². The van der Waals surface area contributed by atoms with E-state index in [4.69, 9.17) is 5.73 Å². The molecule has 694 valence electrons. The van der Waals surface area contributed by atoms with Gasteiger partial charge in [0, 0.05) is 36.8 Å². The number of hydrogen-bond acceptors (Lipinski definition) is 28. The third-order valence-electron chi connectivity index (χ3n) is 20.2. The maximum atomic E-state index is 15.6. The van der Waals surface area contributed by atoms with Crippen molar-refractivity contribution in [1.29, 1.82) is 0 Å². The second-order valence-corrected chi connectivity index (χ2v) is 31.2. The minimum Gasteiger partial charge on any atom is -0.508 e. The van der Waals surface area contributed by atoms with Crippen LogP contribution >= 0.6 is 0 Å². The Hall–Kier alpha value is -17.1. The van der Waals surface area contributed by atoms with Crippen molar-refractivity contribution < 1.29 is 144 Å². The van der Waals surface area contributed by atoms with Crippen molar-refractivity contribution in [3.63, 3.8) is 0 Å². The highest BCUT2D eigenvalue weighted by Gasteiger charge is 2.42. The van der Waals surface area contributed by atoms with Crippen LogP contribution in [-0.4, -0.2) is 190 Å². The third kappa shape index (κ3) is 27.0. The van der Waals surface area contributed by atoms with E-state index in [1.807, 2.05) is 0 Å². The number of nitrogens with one attached hydrogen (secondary N) is 12. The molecule has 0 aromatic heterocycles. The first-order valence-electron chi connectivity index (χ1n) is 40.2. The number of hydrogen-bond donors (Lipinski definition) is 28. The molecule has 0 aliphatic carbocycles. The Morgan fingerprint density at radius 2 is 0.462 bits per heavy atom. The number of nitrogens with two attached hydrogens (primary N) is 1. The van der Waals surface area contributed by atoms with Gasteiger partial charge in [-0.05, 0) is 166 Å². The van der Waals surface area contributed by atoms with Gasteiger partial charge in [0.1, 0.15) is 147 Å². The standard InChI is InChI=1S/C90H95N13O29/c1-40(2)68(94-85(126)73(96-78(119)42(5)91)47-24-55(107)34-56(108)25-47)80(121)101-76(50-30-61(113)37-62(114)31-50)88(129)98-72(46-15-21-54(106)22-16-46)84(125)103-77(51-32-63(115)38-64(116)33-51)89(130)99-71(45-13-19-53(105)20-14-45)83(124)102-74(48-26-57(109)35-58(110)27-48)86(127)95-69(41(3)4)81(122)100-75(49-28-59(111)36-60(112)29-49)87(128)97-70(44-11-17-52(104)18-12-44)82(123)92-65(23-43-9-7-6-8-10-43)79(120)93-66(90(131)132)39-67(117)118/h6-22,24-38,40-42,65-66,68-77,104-116H,23,39,91H2,1-5H3,(H,92,123)(H,93,120)(H,94,126)(H,95,127)(H,96,119)(H,97,128)(H,98,129)(H,99,130)(H,100,122)(H,101,121)(H,102,124)(H,103,125)(H,117,118)(H,131,132)/t42-,65+,66+,68+,69+,70+,71+,72+,73-,74-,75-,76-,77-/m1/s1. The minimum atomic E-state index is -2.29. The Labute approximate surface area is 749 Å². The number of aliphatic carboxylic acids is 2. The number of carbonyl (C=O) groups is 14. The smallest absolute Gasteiger partial charge is 0.326 e. The molecule has 13 atom stereocenters. The molecule has 12 amide bonds. The van der Waals surface area contributed by atoms with E-state index in [1.54, 1.807) is 18.2 Å². The maximum absolute atomic E-state index is 15.6. The zero-order valence-electron chi connectivity index (χ0n) is 70.6. The van der Waals surface area contributed by atoms with Crippen LogP contribution in [-0.2, 0) is 73.5 Å². The van der Waals surface area contributed by atoms with Gasteiger partial charge in [-0.1, -0.05) is 94.4 Å². The summed E-state index contributed by atoms with van der Waals surface area (Å²) in [5.41, 5.74) is 3.52. The lowest BCUT2D eigenvalue weighted by Crippen LogP contribution is -2.56. The maximum Gasteiger partial charge on any atom is 0.326 e. The quantitative estimate of drug-likeness (QED) is 0.0263. The van der Waals surface area contributed by atoms with Crippen molar-refractivity contribution in [2.45, 2.75) is 126 Å². The normalized spacial score (nSPS) is 14.1. The van der Waals surface area contributed by atoms with Crippen molar-refractivity contribution in [3.8, 4) is 74.7 Å². The van der Waals surface area contributed by atoms with Crippen LogP contribution in [0.1, 0.15) is 139 Å². The number of benzene rings is 9. The summed E-state index contributed by atoms with van der Waals surface area (Å²) in [5, 5.41) is 188. The van der Waals surface area contributed by atoms with E-state index in [0.29, 0.717) is 5.56 Å². The Kier molecular flexibility index (Phi) is 32.8. The van der Waals surface area contributed by atoms with Gasteiger partial charge in [0.25, 0.3) is 0 Å². The van der Waals surface area contributed by atoms with E-state index >= 15 is 33.6 Å². The molecule has 0 aliphatic heterocycles. The number of rotatable bonds is 39. The predicted octanol–water partition coefficient (Wildman–Crippen LogP) is 2.42. The van der Waals surface area contributed by atoms with Crippen LogP contribution in [0.3, 0.4) is 0 Å². The lowest BCUT2D eigenvalue weighted by atomic mass is 9.97. The molecule has 132 heavy (non-hydrogen) atoms. The van der Waals surface area contributed by atoms with Crippen LogP contribution in [0.15, 0.2) is 194 Å². The monoisotopic (exact) mass is 1820 g/mol. The van der Waals surface area contributed by atoms with E-state index < -0.39 is 271 Å². The first-order valence-corrected chi connectivity index (χ1v) is 40.2. The SMILES string of the molecule is CC(C)[C@H](NC(=O)[C@H](NC(=O)[C@@H](NC(=O)[C@H](NC(=O)[C@@H](NC(=O)[C@H](NC(=O)[C@@H](NC(=O)[C@H](NC(=O)[C@@H](C)N)c1cc(O)cc(O)c1)C(C)C)c1cc(O)cc(O)c1)c1ccc(O)cc1)c1cc(O)cc(O)c1)c1ccc(O)cc1)c1cc(O)cc(O)c1)C(=O)N[C@@H](C(=O)N[C@H](C(=O)N[C@@H](Cc1ccccc1)C(=O)N[C@@H](CC(=O)O)C(=O)O)c1ccc(O)cc1)c1cc(O)cc(O)c1. The van der Waals surface area contributed by atoms with Crippen LogP contribution in [0, 0.1) is 11.8 Å². The summed E-state index contributed by atoms with van der Waals surface area (Å²) < 4.78 is 0. The highest BCUT2D eigenvalue weighted by Crippen LogP contribution is 2.35. The molecule has 9 aromatic carbocycles. The predicted molar refractivity (Wildman–Crippen MR) is 461 cm³/mol. The van der Waals surface area contributed by atoms with Gasteiger partial charge < -0.3 is 146 Å². The molecule has 9 aromatic rings. The molecule has 0 bridgehead atoms. The zero-order valence-corrected chi connectivity index (χ0v) is 70.6. The van der Waals surface area contributed by atoms with Crippen LogP contribution < -0.4 is 69.5 Å². The van der Waals surface area contributed by atoms with Gasteiger partial charge >= 0.3 is 11.9 Å². The minimum absolute atomic E-state index is 0.140. The van der Waals surface area contributed by atoms with E-state index in [2.05, 4.69) is 63.8 Å². The zero-order chi connectivity index (χ0) is 97.0. The first kappa shape index (κ1) is 98.7. The number of carbonyl (C=O) groups excluding carboxylic acids is 12. The summed E-state index contributed by atoms with van der Waals surface area (Å²) in [6.45, 7) is 6.91. The molecule has 0 spiro atoms. The molecule has 0 saturated carbocycles. The molecule has 0 saturated heterocycles. The van der Waals surface area contributed by atoms with Crippen molar-refractivity contribution >= 4 is 82.8 Å². The average molecular weight is 1820 g/mol. The summed E-state index contributed by atoms with van der Waals surface area (Å²) in [7, 11) is 0. The third-order valence-corrected chi connectivity index (χ3v) is 20.2. The van der Waals surface area contributed by atoms with E-state index in [1.165, 1.54) is 46.8 Å². The highest BCUT2D eigenvalue weighted by molar-refractivity contribution is 6.02. The van der Waals surface area contributed by atoms with Crippen LogP contribution in [0.25, 0.3) is 0 Å². The summed E-state index contributed by atoms with van der Waals surface area (Å²) >= 11 is 0. The Morgan fingerprint density at radius 1 is 0.242 bits per heavy atom. The fraction of sp³-hybridized carbons (Fsp3) is 0.244. The number of amides is 12. The number of carboxylic acids is 2. The molecule has 0 unspecified atom stereocenters. The molecule has 0 fully saturated rings. The second kappa shape index (κ2) is 43.9. The Morgan fingerprint density at radius 3 is 0.697 bits per heavy atom. The molecular weight excluding hydrogens is 1730 g/mol. The van der Waals surface area contributed by atoms with Gasteiger partial charge in [-0.25, -0.2) is 4.79 Å². The lowest BCUT2D eigenvalue weighted by Gasteiger charge is -2.30. The average Bonchev–Trinajstić information content (AvgIpc) is 0.810. The Bertz CT molecular complexity index is 5710. The molecule has 0 heterocycles. The fourth-order valence-corrected chi connectivity index (χ4v) is 13.7. The summed E-state index contributed by atoms with van der Waals surface area (Å²) in [5.74, 6) is -29.0. The van der Waals surface area contributed by atoms with Crippen molar-refractivity contribution in [1.82, 2.24) is 63.8 Å². The molecule has 0 aliphatic rings. The molecule has 42 nitrogen and oxygen atoms in total. The number of phenolic OH excluding ortho intramolecular Hbond substituents is 13. The lowest BCUT2D eigenvalue weighted by molar-refractivity contribution is -0.147. The van der Waals surface area contributed by atoms with Crippen LogP contribution in [0.5, 0.6) is 74.7 Å². The van der Waals surface area contributed by atoms with Gasteiger partial charge in [-0.15, -0.1) is 0 Å². The summed E-state index contributed by atoms with van der Waals surface area (Å²) in [6.07, 6.45) is -1.49. The van der Waals surface area contributed by atoms with Gasteiger partial charge in [0.2, 0.25) is 70.9 Å². The Balaban J connectivity index is 1.04. The molecule has 9 rings (SSSR count). The summed E-state index contributed by atoms with van der Waals surface area (Å²) in [4.78, 5) is 203. The highest BCUT2D eigenvalue weighted by atomic mass is 16.4. The van der Waals surface area contributed by atoms with Crippen molar-refractivity contribution in [2.75, 3.05) is 0 Å². The van der Waals surface area contributed by atoms with Gasteiger partial charge in [0.05, 0.1) is 12.5 Å². The number of phenols is 13. The van der Waals surface area contributed by atoms with Gasteiger partial charge in [0.15, 0.2) is 0 Å². The van der Waals surface area contributed by atoms with E-state index in [0.717, 1.165) is 164 Å². The van der Waals surface area contributed by atoms with E-state index in [9.17, 15) is 110 Å². The van der Waals surface area contributed by atoms with Crippen LogP contribution in [0.2, 0.25) is 0 Å².